The molecule has 6 rings (SSSR count). The van der Waals surface area contributed by atoms with E-state index in [0.717, 1.165) is 37.9 Å². The third-order valence-electron chi connectivity index (χ3n) is 12.1. The van der Waals surface area contributed by atoms with Crippen LogP contribution in [0.4, 0.5) is 0 Å². The van der Waals surface area contributed by atoms with Gasteiger partial charge in [0.05, 0.1) is 18.2 Å². The number of hydrogen-bond acceptors (Lipinski definition) is 6. The van der Waals surface area contributed by atoms with E-state index in [1.807, 2.05) is 6.26 Å². The van der Waals surface area contributed by atoms with Crippen molar-refractivity contribution in [3.63, 3.8) is 0 Å². The Morgan fingerprint density at radius 1 is 1.15 bits per heavy atom. The van der Waals surface area contributed by atoms with E-state index >= 15 is 0 Å². The van der Waals surface area contributed by atoms with Crippen LogP contribution in [0.5, 0.6) is 0 Å². The highest BCUT2D eigenvalue weighted by molar-refractivity contribution is 6.00. The Balaban J connectivity index is 1.33. The van der Waals surface area contributed by atoms with Gasteiger partial charge in [-0.05, 0) is 97.9 Å². The minimum Gasteiger partial charge on any atom is -0.472 e. The summed E-state index contributed by atoms with van der Waals surface area (Å²) in [5, 5.41) is 4.70. The maximum atomic E-state index is 12.6. The van der Waals surface area contributed by atoms with Crippen LogP contribution < -0.4 is 0 Å². The number of carbonyl (C=O) groups is 1. The van der Waals surface area contributed by atoms with Crippen molar-refractivity contribution in [3.8, 4) is 0 Å². The standard InChI is InChI=1S/C34H48N2O4/c1-23(37)40-30-21-28-31(2,3)29(35-39-20-18-36-16-7-8-17-36)12-15-33(28,5)27-11-14-32(4)25(24-13-19-38-22-24)9-10-26(32)34(27,30)6/h10,12-13,15,19,22,25,27-28,30H,7-9,11,14,16-18,20-21H2,1-6H3/b35-29-/t25-,27+,28-,30+,32-,33+,34-/m0/s1. The van der Waals surface area contributed by atoms with E-state index in [1.54, 1.807) is 13.2 Å². The van der Waals surface area contributed by atoms with Gasteiger partial charge in [-0.25, -0.2) is 0 Å². The van der Waals surface area contributed by atoms with Crippen molar-refractivity contribution < 1.29 is 18.8 Å². The van der Waals surface area contributed by atoms with Crippen molar-refractivity contribution in [1.29, 1.82) is 0 Å². The van der Waals surface area contributed by atoms with Crippen molar-refractivity contribution in [3.05, 3.63) is 48.0 Å². The van der Waals surface area contributed by atoms with E-state index in [1.165, 1.54) is 37.1 Å². The lowest BCUT2D eigenvalue weighted by Gasteiger charge is -2.66. The van der Waals surface area contributed by atoms with Crippen molar-refractivity contribution in [2.45, 2.75) is 92.1 Å². The highest BCUT2D eigenvalue weighted by atomic mass is 16.6. The minimum atomic E-state index is -0.232. The molecule has 0 spiro atoms. The summed E-state index contributed by atoms with van der Waals surface area (Å²) in [4.78, 5) is 21.0. The topological polar surface area (TPSA) is 64.3 Å². The van der Waals surface area contributed by atoms with E-state index in [9.17, 15) is 4.79 Å². The zero-order valence-corrected chi connectivity index (χ0v) is 25.4. The summed E-state index contributed by atoms with van der Waals surface area (Å²) in [5.41, 5.74) is 3.32. The maximum absolute atomic E-state index is 12.6. The monoisotopic (exact) mass is 548 g/mol. The lowest BCUT2D eigenvalue weighted by Crippen LogP contribution is -2.64. The molecule has 0 unspecified atom stereocenters. The number of carbonyl (C=O) groups excluding carboxylic acids is 1. The van der Waals surface area contributed by atoms with E-state index in [0.29, 0.717) is 18.4 Å². The zero-order valence-electron chi connectivity index (χ0n) is 25.4. The van der Waals surface area contributed by atoms with E-state index in [2.05, 4.69) is 63.8 Å². The minimum absolute atomic E-state index is 0.0282. The number of oxime groups is 1. The van der Waals surface area contributed by atoms with E-state index in [4.69, 9.17) is 19.1 Å². The van der Waals surface area contributed by atoms with Gasteiger partial charge in [-0.1, -0.05) is 57.5 Å². The van der Waals surface area contributed by atoms with Gasteiger partial charge in [-0.2, -0.15) is 0 Å². The van der Waals surface area contributed by atoms with E-state index in [-0.39, 0.29) is 39.7 Å². The number of ether oxygens (including phenoxy) is 1. The Morgan fingerprint density at radius 2 is 1.93 bits per heavy atom. The van der Waals surface area contributed by atoms with Crippen LogP contribution in [0.25, 0.3) is 0 Å². The number of rotatable bonds is 6. The van der Waals surface area contributed by atoms with Crippen molar-refractivity contribution in [2.24, 2.45) is 38.7 Å². The van der Waals surface area contributed by atoms with Gasteiger partial charge in [-0.3, -0.25) is 9.69 Å². The van der Waals surface area contributed by atoms with Crippen LogP contribution in [0, 0.1) is 33.5 Å². The number of hydrogen-bond donors (Lipinski definition) is 0. The lowest BCUT2D eigenvalue weighted by atomic mass is 9.38. The second-order valence-electron chi connectivity index (χ2n) is 14.4. The molecule has 5 aliphatic rings. The molecule has 7 atom stereocenters. The van der Waals surface area contributed by atoms with Crippen molar-refractivity contribution in [1.82, 2.24) is 4.90 Å². The smallest absolute Gasteiger partial charge is 0.302 e. The van der Waals surface area contributed by atoms with Gasteiger partial charge in [-0.15, -0.1) is 0 Å². The molecule has 1 aromatic rings. The van der Waals surface area contributed by atoms with Crippen LogP contribution in [0.1, 0.15) is 91.5 Å². The SMILES string of the molecule is CC(=O)O[C@@H]1C[C@H]2C(C)(C)/C(=N\OCCN3CCCC3)C=C[C@]2(C)[C@H]2CC[C@]3(C)C(=CC[C@H]3c3ccoc3)[C@@]21C. The largest absolute Gasteiger partial charge is 0.472 e. The lowest BCUT2D eigenvalue weighted by molar-refractivity contribution is -0.182. The molecule has 4 aliphatic carbocycles. The fraction of sp³-hybridized carbons (Fsp3) is 0.706. The highest BCUT2D eigenvalue weighted by Gasteiger charge is 2.68. The van der Waals surface area contributed by atoms with Crippen LogP contribution in [0.3, 0.4) is 0 Å². The van der Waals surface area contributed by atoms with Crippen LogP contribution in [0.2, 0.25) is 0 Å². The molecule has 6 nitrogen and oxygen atoms in total. The summed E-state index contributed by atoms with van der Waals surface area (Å²) in [5.74, 6) is 0.856. The number of likely N-dealkylation sites (tertiary alicyclic amines) is 1. The van der Waals surface area contributed by atoms with Gasteiger partial charge in [0.15, 0.2) is 0 Å². The Bertz CT molecular complexity index is 1210. The summed E-state index contributed by atoms with van der Waals surface area (Å²) in [6, 6.07) is 2.13. The molecule has 2 heterocycles. The fourth-order valence-electron chi connectivity index (χ4n) is 10.0. The van der Waals surface area contributed by atoms with Crippen LogP contribution >= 0.6 is 0 Å². The molecule has 6 heteroatoms. The molecule has 40 heavy (non-hydrogen) atoms. The van der Waals surface area contributed by atoms with Gasteiger partial charge < -0.3 is 14.0 Å². The summed E-state index contributed by atoms with van der Waals surface area (Å²) in [7, 11) is 0. The molecule has 0 radical (unpaired) electrons. The first-order valence-corrected chi connectivity index (χ1v) is 15.5. The summed E-state index contributed by atoms with van der Waals surface area (Å²) >= 11 is 0. The molecule has 1 saturated heterocycles. The Morgan fingerprint density at radius 3 is 2.62 bits per heavy atom. The van der Waals surface area contributed by atoms with Crippen LogP contribution in [-0.2, 0) is 14.4 Å². The second kappa shape index (κ2) is 9.89. The number of fused-ring (bicyclic) bond motifs is 5. The third kappa shape index (κ3) is 4.15. The molecule has 0 N–H and O–H groups in total. The first-order valence-electron chi connectivity index (χ1n) is 15.5. The number of allylic oxidation sites excluding steroid dienone is 3. The number of nitrogens with zero attached hydrogens (tertiary/aromatic N) is 2. The Kier molecular flexibility index (Phi) is 6.88. The number of furan rings is 1. The Labute approximate surface area is 240 Å². The molecule has 0 aromatic carbocycles. The van der Waals surface area contributed by atoms with E-state index < -0.39 is 0 Å². The predicted octanol–water partition coefficient (Wildman–Crippen LogP) is 7.14. The van der Waals surface area contributed by atoms with Gasteiger partial charge >= 0.3 is 5.97 Å². The predicted molar refractivity (Wildman–Crippen MR) is 157 cm³/mol. The quantitative estimate of drug-likeness (QED) is 0.164. The highest BCUT2D eigenvalue weighted by Crippen LogP contribution is 2.73. The second-order valence-corrected chi connectivity index (χ2v) is 14.4. The molecule has 0 amide bonds. The van der Waals surface area contributed by atoms with Crippen molar-refractivity contribution in [2.75, 3.05) is 26.2 Å². The van der Waals surface area contributed by atoms with Gasteiger partial charge in [0.2, 0.25) is 0 Å². The molecule has 1 aromatic heterocycles. The molecule has 0 bridgehead atoms. The maximum Gasteiger partial charge on any atom is 0.302 e. The average Bonchev–Trinajstić information content (AvgIpc) is 3.65. The zero-order chi connectivity index (χ0) is 28.3. The molecule has 3 fully saturated rings. The van der Waals surface area contributed by atoms with Crippen LogP contribution in [0.15, 0.2) is 52.0 Å². The molecule has 218 valence electrons. The van der Waals surface area contributed by atoms with Gasteiger partial charge in [0, 0.05) is 24.3 Å². The van der Waals surface area contributed by atoms with Crippen LogP contribution in [-0.4, -0.2) is 48.9 Å². The van der Waals surface area contributed by atoms with Crippen molar-refractivity contribution >= 4 is 11.7 Å². The molecule has 1 aliphatic heterocycles. The summed E-state index contributed by atoms with van der Waals surface area (Å²) < 4.78 is 11.8. The summed E-state index contributed by atoms with van der Waals surface area (Å²) in [6.45, 7) is 17.4. The number of esters is 1. The normalized spacial score (nSPS) is 41.2. The Hall–Kier alpha value is -2.34. The molecular formula is C34H48N2O4. The van der Waals surface area contributed by atoms with Gasteiger partial charge in [0.1, 0.15) is 12.7 Å². The first-order chi connectivity index (χ1) is 19.0. The average molecular weight is 549 g/mol. The first kappa shape index (κ1) is 27.8. The molecule has 2 saturated carbocycles. The molecular weight excluding hydrogens is 500 g/mol. The van der Waals surface area contributed by atoms with Gasteiger partial charge in [0.25, 0.3) is 0 Å². The third-order valence-corrected chi connectivity index (χ3v) is 12.1. The fourth-order valence-corrected chi connectivity index (χ4v) is 10.0. The summed E-state index contributed by atoms with van der Waals surface area (Å²) in [6.07, 6.45) is 17.3.